The zero-order chi connectivity index (χ0) is 49.0. The van der Waals surface area contributed by atoms with Crippen molar-refractivity contribution < 1.29 is 125 Å². The second kappa shape index (κ2) is 23.5. The van der Waals surface area contributed by atoms with Crippen LogP contribution in [-0.4, -0.2) is 187 Å². The van der Waals surface area contributed by atoms with Crippen LogP contribution in [0.25, 0.3) is 0 Å². The Balaban J connectivity index is 0.000000350. The van der Waals surface area contributed by atoms with E-state index in [1.54, 1.807) is 0 Å². The fourth-order valence-corrected chi connectivity index (χ4v) is 6.58. The van der Waals surface area contributed by atoms with Crippen LogP contribution in [0.3, 0.4) is 0 Å². The van der Waals surface area contributed by atoms with Crippen LogP contribution >= 0.6 is 0 Å². The maximum atomic E-state index is 12.5. The Morgan fingerprint density at radius 1 is 0.576 bits per heavy atom. The summed E-state index contributed by atoms with van der Waals surface area (Å²) in [5.41, 5.74) is 0. The fraction of sp³-hybridized carbons (Fsp3) is 0.667. The molecule has 30 heteroatoms. The normalized spacial score (nSPS) is 28.5. The molecular weight excluding hydrogens is 904 g/mol. The number of aliphatic hydroxyl groups excluding tert-OH is 2. The standard InChI is InChI=1S/C22H23N3O18.C14H23NO8/c1-36-19-18(40-22(35)43-25-14(30)6-7-15(25)31)16(32)17(39-21(34)42-24-12(28)4-5-13(24)29)9(38-19)8-37-20(33)41-23-10(26)2-3-11(23)27;1-7(16)5-9-11(18)12(22-8(2)17)10(23-13(9)20-4)6-21-14(19)15-3/h9,16-19,32H,2-8H2,1H3;9-13,18H,5-6H2,1-4H3,(H,15,19). The Kier molecular flexibility index (Phi) is 18.6. The van der Waals surface area contributed by atoms with Gasteiger partial charge in [-0.2, -0.15) is 0 Å². The molecule has 0 saturated carbocycles. The molecule has 66 heavy (non-hydrogen) atoms. The molecule has 0 bridgehead atoms. The van der Waals surface area contributed by atoms with Crippen molar-refractivity contribution in [2.75, 3.05) is 34.5 Å². The zero-order valence-electron chi connectivity index (χ0n) is 35.7. The molecule has 0 aromatic rings. The summed E-state index contributed by atoms with van der Waals surface area (Å²) in [7, 11) is 3.79. The molecule has 5 heterocycles. The average molecular weight is 951 g/mol. The third kappa shape index (κ3) is 13.5. The van der Waals surface area contributed by atoms with Crippen LogP contribution in [-0.2, 0) is 95.5 Å². The third-order valence-electron chi connectivity index (χ3n) is 9.63. The van der Waals surface area contributed by atoms with Gasteiger partial charge >= 0.3 is 30.5 Å². The fourth-order valence-electron chi connectivity index (χ4n) is 6.58. The van der Waals surface area contributed by atoms with E-state index in [-0.39, 0.29) is 72.5 Å². The highest BCUT2D eigenvalue weighted by molar-refractivity contribution is 6.02. The van der Waals surface area contributed by atoms with Crippen molar-refractivity contribution in [3.05, 3.63) is 0 Å². The monoisotopic (exact) mass is 950 g/mol. The van der Waals surface area contributed by atoms with Gasteiger partial charge in [-0.3, -0.25) is 48.1 Å². The number of ketones is 1. The minimum absolute atomic E-state index is 0.000458. The van der Waals surface area contributed by atoms with Gasteiger partial charge in [-0.25, -0.2) is 19.2 Å². The number of hydrogen-bond donors (Lipinski definition) is 3. The molecule has 5 fully saturated rings. The lowest BCUT2D eigenvalue weighted by Crippen LogP contribution is -2.62. The molecule has 30 nitrogen and oxygen atoms in total. The predicted molar refractivity (Wildman–Crippen MR) is 197 cm³/mol. The van der Waals surface area contributed by atoms with E-state index in [1.165, 1.54) is 28.0 Å². The molecule has 10 unspecified atom stereocenters. The van der Waals surface area contributed by atoms with Gasteiger partial charge in [0.15, 0.2) is 30.9 Å². The highest BCUT2D eigenvalue weighted by Gasteiger charge is 2.52. The topological polar surface area (TPSA) is 378 Å². The van der Waals surface area contributed by atoms with Crippen molar-refractivity contribution in [3.63, 3.8) is 0 Å². The van der Waals surface area contributed by atoms with E-state index in [4.69, 9.17) is 42.6 Å². The largest absolute Gasteiger partial charge is 0.534 e. The van der Waals surface area contributed by atoms with Crippen LogP contribution in [0.15, 0.2) is 0 Å². The lowest BCUT2D eigenvalue weighted by Gasteiger charge is -2.43. The number of hydrogen-bond acceptors (Lipinski definition) is 26. The first kappa shape index (κ1) is 52.0. The number of methoxy groups -OCH3 is 2. The maximum absolute atomic E-state index is 12.5. The SMILES string of the molecule is CNC(=O)OCC1OC(OC)C(CC(C)=O)C(O)C1OC(C)=O.COC1OC(COC(=O)ON2C(=O)CCC2=O)C(OC(=O)ON2C(=O)CCC2=O)C(O)C1OC(=O)ON1C(=O)CCC1=O. The van der Waals surface area contributed by atoms with Gasteiger partial charge in [-0.05, 0) is 6.92 Å². The molecule has 0 aliphatic carbocycles. The number of nitrogens with zero attached hydrogens (tertiary/aromatic N) is 3. The number of hydroxylamine groups is 6. The number of imide groups is 3. The van der Waals surface area contributed by atoms with Gasteiger partial charge < -0.3 is 63.0 Å². The van der Waals surface area contributed by atoms with Crippen molar-refractivity contribution in [2.45, 2.75) is 114 Å². The predicted octanol–water partition coefficient (Wildman–Crippen LogP) is -2.29. The smallest absolute Gasteiger partial charge is 0.457 e. The molecule has 0 aromatic carbocycles. The Bertz CT molecular complexity index is 1860. The average Bonchev–Trinajstić information content (AvgIpc) is 3.88. The van der Waals surface area contributed by atoms with E-state index in [0.717, 1.165) is 7.11 Å². The number of rotatable bonds is 14. The highest BCUT2D eigenvalue weighted by atomic mass is 16.9. The van der Waals surface area contributed by atoms with Crippen LogP contribution in [0, 0.1) is 5.92 Å². The summed E-state index contributed by atoms with van der Waals surface area (Å²) >= 11 is 0. The first-order valence-electron chi connectivity index (χ1n) is 19.6. The van der Waals surface area contributed by atoms with E-state index < -0.39 is 134 Å². The van der Waals surface area contributed by atoms with E-state index in [2.05, 4.69) is 19.8 Å². The molecule has 10 atom stereocenters. The van der Waals surface area contributed by atoms with Crippen LogP contribution < -0.4 is 5.32 Å². The first-order chi connectivity index (χ1) is 31.2. The van der Waals surface area contributed by atoms with E-state index in [9.17, 15) is 67.7 Å². The van der Waals surface area contributed by atoms with E-state index in [1.807, 2.05) is 0 Å². The van der Waals surface area contributed by atoms with Crippen molar-refractivity contribution >= 4 is 71.8 Å². The zero-order valence-corrected chi connectivity index (χ0v) is 35.7. The van der Waals surface area contributed by atoms with E-state index in [0.29, 0.717) is 0 Å². The molecular formula is C36H46N4O26. The molecule has 7 amide bonds. The molecule has 5 rings (SSSR count). The van der Waals surface area contributed by atoms with Crippen LogP contribution in [0.5, 0.6) is 0 Å². The summed E-state index contributed by atoms with van der Waals surface area (Å²) < 4.78 is 46.1. The third-order valence-corrected chi connectivity index (χ3v) is 9.63. The second-order valence-corrected chi connectivity index (χ2v) is 14.3. The van der Waals surface area contributed by atoms with Gasteiger partial charge in [-0.1, -0.05) is 15.2 Å². The molecule has 5 aliphatic heterocycles. The molecule has 5 saturated heterocycles. The van der Waals surface area contributed by atoms with Gasteiger partial charge in [0.05, 0.1) is 0 Å². The van der Waals surface area contributed by atoms with Gasteiger partial charge in [-0.15, -0.1) is 0 Å². The Morgan fingerprint density at radius 2 is 0.970 bits per heavy atom. The number of aliphatic hydroxyl groups is 2. The van der Waals surface area contributed by atoms with Crippen molar-refractivity contribution in [3.8, 4) is 0 Å². The number of esters is 1. The Hall–Kier alpha value is -6.60. The van der Waals surface area contributed by atoms with E-state index >= 15 is 0 Å². The number of Topliss-reactive ketones (excluding diaryl/α,β-unsaturated/α-hetero) is 1. The number of ether oxygens (including phenoxy) is 9. The van der Waals surface area contributed by atoms with Gasteiger partial charge in [0.2, 0.25) is 0 Å². The number of alkyl carbamates (subject to hydrolysis) is 1. The number of amides is 7. The summed E-state index contributed by atoms with van der Waals surface area (Å²) in [5.74, 6) is -6.55. The summed E-state index contributed by atoms with van der Waals surface area (Å²) in [6.07, 6.45) is -20.5. The van der Waals surface area contributed by atoms with Crippen molar-refractivity contribution in [1.82, 2.24) is 20.5 Å². The quantitative estimate of drug-likeness (QED) is 0.0937. The van der Waals surface area contributed by atoms with Crippen LogP contribution in [0.4, 0.5) is 19.2 Å². The lowest BCUT2D eigenvalue weighted by molar-refractivity contribution is -0.301. The van der Waals surface area contributed by atoms with Crippen molar-refractivity contribution in [2.24, 2.45) is 5.92 Å². The molecule has 0 spiro atoms. The van der Waals surface area contributed by atoms with Crippen LogP contribution in [0.1, 0.15) is 58.8 Å². The first-order valence-corrected chi connectivity index (χ1v) is 19.6. The highest BCUT2D eigenvalue weighted by Crippen LogP contribution is 2.32. The Labute approximate surface area is 371 Å². The second-order valence-electron chi connectivity index (χ2n) is 14.3. The summed E-state index contributed by atoms with van der Waals surface area (Å²) in [6.45, 7) is 1.40. The Morgan fingerprint density at radius 3 is 1.38 bits per heavy atom. The minimum atomic E-state index is -2.11. The summed E-state index contributed by atoms with van der Waals surface area (Å²) in [5, 5.41) is 24.2. The van der Waals surface area contributed by atoms with Crippen molar-refractivity contribution in [1.29, 1.82) is 0 Å². The molecule has 366 valence electrons. The van der Waals surface area contributed by atoms with Gasteiger partial charge in [0, 0.05) is 79.1 Å². The van der Waals surface area contributed by atoms with Gasteiger partial charge in [0.1, 0.15) is 43.4 Å². The number of nitrogens with one attached hydrogen (secondary N) is 1. The lowest BCUT2D eigenvalue weighted by atomic mass is 9.87. The molecule has 0 aromatic heterocycles. The molecule has 0 radical (unpaired) electrons. The summed E-state index contributed by atoms with van der Waals surface area (Å²) in [4.78, 5) is 155. The molecule has 3 N–H and O–H groups in total. The maximum Gasteiger partial charge on any atom is 0.534 e. The minimum Gasteiger partial charge on any atom is -0.457 e. The summed E-state index contributed by atoms with van der Waals surface area (Å²) in [6, 6.07) is 0. The molecule has 5 aliphatic rings. The van der Waals surface area contributed by atoms with Crippen LogP contribution in [0.2, 0.25) is 0 Å². The number of carbonyl (C=O) groups excluding carboxylic acids is 12. The number of carbonyl (C=O) groups is 12. The van der Waals surface area contributed by atoms with Gasteiger partial charge in [0.25, 0.3) is 35.4 Å².